The standard InChI is InChI=1S/C20H32N4O.HI/c1-3-21-20(22-14-17-6-7-17)23-15-19(24-10-12-25-13-11-24)18-8-4-16(2)5-9-18;/h4-5,8-9,17,19H,3,6-7,10-15H2,1-2H3,(H2,21,22,23);1H. The van der Waals surface area contributed by atoms with Gasteiger partial charge in [0.2, 0.25) is 0 Å². The zero-order valence-corrected chi connectivity index (χ0v) is 18.4. The number of rotatable bonds is 7. The fourth-order valence-corrected chi connectivity index (χ4v) is 3.19. The maximum absolute atomic E-state index is 5.54. The van der Waals surface area contributed by atoms with Gasteiger partial charge in [0.15, 0.2) is 5.96 Å². The molecule has 3 rings (SSSR count). The Morgan fingerprint density at radius 1 is 1.19 bits per heavy atom. The van der Waals surface area contributed by atoms with Crippen molar-refractivity contribution >= 4 is 29.9 Å². The lowest BCUT2D eigenvalue weighted by Crippen LogP contribution is -2.42. The number of aryl methyl sites for hydroxylation is 1. The largest absolute Gasteiger partial charge is 0.379 e. The van der Waals surface area contributed by atoms with Gasteiger partial charge in [-0.15, -0.1) is 24.0 Å². The van der Waals surface area contributed by atoms with Gasteiger partial charge in [-0.3, -0.25) is 9.89 Å². The van der Waals surface area contributed by atoms with E-state index >= 15 is 0 Å². The molecule has 1 atom stereocenters. The number of nitrogens with one attached hydrogen (secondary N) is 2. The van der Waals surface area contributed by atoms with Crippen molar-refractivity contribution in [3.63, 3.8) is 0 Å². The average molecular weight is 472 g/mol. The summed E-state index contributed by atoms with van der Waals surface area (Å²) in [6, 6.07) is 9.19. The first kappa shape index (κ1) is 21.4. The second-order valence-corrected chi connectivity index (χ2v) is 7.12. The molecule has 0 radical (unpaired) electrons. The predicted molar refractivity (Wildman–Crippen MR) is 118 cm³/mol. The van der Waals surface area contributed by atoms with E-state index in [4.69, 9.17) is 9.73 Å². The highest BCUT2D eigenvalue weighted by atomic mass is 127. The van der Waals surface area contributed by atoms with Crippen LogP contribution in [0, 0.1) is 12.8 Å². The zero-order chi connectivity index (χ0) is 17.5. The lowest BCUT2D eigenvalue weighted by atomic mass is 10.0. The first-order valence-corrected chi connectivity index (χ1v) is 9.67. The van der Waals surface area contributed by atoms with Gasteiger partial charge in [0, 0.05) is 26.2 Å². The Kier molecular flexibility index (Phi) is 9.15. The molecular weight excluding hydrogens is 439 g/mol. The van der Waals surface area contributed by atoms with E-state index in [2.05, 4.69) is 53.6 Å². The zero-order valence-electron chi connectivity index (χ0n) is 16.0. The Balaban J connectivity index is 0.00000243. The van der Waals surface area contributed by atoms with Crippen LogP contribution in [0.5, 0.6) is 0 Å². The first-order chi connectivity index (χ1) is 12.3. The smallest absolute Gasteiger partial charge is 0.191 e. The van der Waals surface area contributed by atoms with Crippen molar-refractivity contribution in [3.05, 3.63) is 35.4 Å². The van der Waals surface area contributed by atoms with Crippen LogP contribution in [0.25, 0.3) is 0 Å². The molecule has 6 heteroatoms. The summed E-state index contributed by atoms with van der Waals surface area (Å²) in [5.41, 5.74) is 2.64. The quantitative estimate of drug-likeness (QED) is 0.364. The lowest BCUT2D eigenvalue weighted by Gasteiger charge is -2.34. The normalized spacial score (nSPS) is 19.5. The van der Waals surface area contributed by atoms with E-state index < -0.39 is 0 Å². The SMILES string of the molecule is CCNC(=NCC(c1ccc(C)cc1)N1CCOCC1)NCC1CC1.I. The number of nitrogens with zero attached hydrogens (tertiary/aromatic N) is 2. The molecule has 1 heterocycles. The number of halogens is 1. The average Bonchev–Trinajstić information content (AvgIpc) is 3.46. The molecule has 2 aliphatic rings. The van der Waals surface area contributed by atoms with Gasteiger partial charge in [-0.25, -0.2) is 0 Å². The number of hydrogen-bond donors (Lipinski definition) is 2. The molecule has 1 aromatic carbocycles. The van der Waals surface area contributed by atoms with Gasteiger partial charge < -0.3 is 15.4 Å². The first-order valence-electron chi connectivity index (χ1n) is 9.67. The van der Waals surface area contributed by atoms with Crippen molar-refractivity contribution in [2.75, 3.05) is 45.9 Å². The Labute approximate surface area is 175 Å². The third-order valence-corrected chi connectivity index (χ3v) is 4.97. The van der Waals surface area contributed by atoms with Gasteiger partial charge in [0.25, 0.3) is 0 Å². The summed E-state index contributed by atoms with van der Waals surface area (Å²) >= 11 is 0. The van der Waals surface area contributed by atoms with Crippen molar-refractivity contribution in [1.82, 2.24) is 15.5 Å². The van der Waals surface area contributed by atoms with E-state index in [-0.39, 0.29) is 24.0 Å². The van der Waals surface area contributed by atoms with Crippen LogP contribution in [0.1, 0.15) is 36.9 Å². The minimum atomic E-state index is 0. The monoisotopic (exact) mass is 472 g/mol. The molecule has 1 saturated carbocycles. The van der Waals surface area contributed by atoms with Crippen LogP contribution >= 0.6 is 24.0 Å². The minimum Gasteiger partial charge on any atom is -0.379 e. The van der Waals surface area contributed by atoms with Gasteiger partial charge >= 0.3 is 0 Å². The summed E-state index contributed by atoms with van der Waals surface area (Å²) in [4.78, 5) is 7.40. The fraction of sp³-hybridized carbons (Fsp3) is 0.650. The third kappa shape index (κ3) is 6.70. The van der Waals surface area contributed by atoms with Crippen molar-refractivity contribution in [3.8, 4) is 0 Å². The maximum atomic E-state index is 5.54. The molecular formula is C20H33IN4O. The number of aliphatic imine (C=N–C) groups is 1. The molecule has 0 aromatic heterocycles. The van der Waals surface area contributed by atoms with Crippen LogP contribution in [-0.4, -0.2) is 56.8 Å². The summed E-state index contributed by atoms with van der Waals surface area (Å²) < 4.78 is 5.54. The summed E-state index contributed by atoms with van der Waals surface area (Å²) in [6.07, 6.45) is 2.71. The van der Waals surface area contributed by atoms with Gasteiger partial charge in [-0.2, -0.15) is 0 Å². The summed E-state index contributed by atoms with van der Waals surface area (Å²) in [5.74, 6) is 1.79. The van der Waals surface area contributed by atoms with Crippen molar-refractivity contribution in [1.29, 1.82) is 0 Å². The summed E-state index contributed by atoms with van der Waals surface area (Å²) in [5, 5.41) is 6.88. The summed E-state index contributed by atoms with van der Waals surface area (Å²) in [6.45, 7) is 10.5. The molecule has 1 saturated heterocycles. The predicted octanol–water partition coefficient (Wildman–Crippen LogP) is 2.95. The Bertz CT molecular complexity index is 553. The molecule has 1 aliphatic carbocycles. The van der Waals surface area contributed by atoms with E-state index in [9.17, 15) is 0 Å². The Hall–Kier alpha value is -0.860. The van der Waals surface area contributed by atoms with E-state index in [1.165, 1.54) is 24.0 Å². The molecule has 2 N–H and O–H groups in total. The molecule has 1 unspecified atom stereocenters. The molecule has 0 bridgehead atoms. The van der Waals surface area contributed by atoms with E-state index in [1.54, 1.807) is 0 Å². The fourth-order valence-electron chi connectivity index (χ4n) is 3.19. The molecule has 2 fully saturated rings. The van der Waals surface area contributed by atoms with Crippen LogP contribution in [0.4, 0.5) is 0 Å². The summed E-state index contributed by atoms with van der Waals surface area (Å²) in [7, 11) is 0. The van der Waals surface area contributed by atoms with E-state index in [1.807, 2.05) is 0 Å². The van der Waals surface area contributed by atoms with Crippen LogP contribution in [0.15, 0.2) is 29.3 Å². The van der Waals surface area contributed by atoms with Crippen LogP contribution in [-0.2, 0) is 4.74 Å². The van der Waals surface area contributed by atoms with Crippen LogP contribution in [0.2, 0.25) is 0 Å². The highest BCUT2D eigenvalue weighted by Crippen LogP contribution is 2.27. The maximum Gasteiger partial charge on any atom is 0.191 e. The highest BCUT2D eigenvalue weighted by molar-refractivity contribution is 14.0. The number of ether oxygens (including phenoxy) is 1. The lowest BCUT2D eigenvalue weighted by molar-refractivity contribution is 0.0179. The second kappa shape index (κ2) is 11.1. The van der Waals surface area contributed by atoms with E-state index in [0.717, 1.165) is 57.8 Å². The van der Waals surface area contributed by atoms with Crippen molar-refractivity contribution in [2.45, 2.75) is 32.7 Å². The molecule has 0 amide bonds. The van der Waals surface area contributed by atoms with E-state index in [0.29, 0.717) is 6.04 Å². The molecule has 5 nitrogen and oxygen atoms in total. The topological polar surface area (TPSA) is 48.9 Å². The van der Waals surface area contributed by atoms with Gasteiger partial charge in [-0.1, -0.05) is 29.8 Å². The number of benzene rings is 1. The number of hydrogen-bond acceptors (Lipinski definition) is 3. The number of guanidine groups is 1. The van der Waals surface area contributed by atoms with Crippen LogP contribution < -0.4 is 10.6 Å². The molecule has 0 spiro atoms. The third-order valence-electron chi connectivity index (χ3n) is 4.97. The second-order valence-electron chi connectivity index (χ2n) is 7.12. The molecule has 146 valence electrons. The van der Waals surface area contributed by atoms with Crippen molar-refractivity contribution in [2.24, 2.45) is 10.9 Å². The molecule has 1 aromatic rings. The van der Waals surface area contributed by atoms with Crippen LogP contribution in [0.3, 0.4) is 0 Å². The van der Waals surface area contributed by atoms with Gasteiger partial charge in [-0.05, 0) is 38.2 Å². The molecule has 1 aliphatic heterocycles. The molecule has 26 heavy (non-hydrogen) atoms. The van der Waals surface area contributed by atoms with Gasteiger partial charge in [0.05, 0.1) is 25.8 Å². The van der Waals surface area contributed by atoms with Crippen molar-refractivity contribution < 1.29 is 4.74 Å². The number of morpholine rings is 1. The highest BCUT2D eigenvalue weighted by Gasteiger charge is 2.23. The van der Waals surface area contributed by atoms with Gasteiger partial charge in [0.1, 0.15) is 0 Å². The minimum absolute atomic E-state index is 0. The Morgan fingerprint density at radius 3 is 2.50 bits per heavy atom. The Morgan fingerprint density at radius 2 is 1.88 bits per heavy atom.